The molecule has 1 unspecified atom stereocenters. The van der Waals surface area contributed by atoms with E-state index in [0.717, 1.165) is 0 Å². The maximum Gasteiger partial charge on any atom is 0.407 e. The lowest BCUT2D eigenvalue weighted by Gasteiger charge is -2.10. The topological polar surface area (TPSA) is 78.8 Å². The van der Waals surface area contributed by atoms with Gasteiger partial charge in [-0.15, -0.1) is 0 Å². The highest BCUT2D eigenvalue weighted by molar-refractivity contribution is 5.67. The highest BCUT2D eigenvalue weighted by Gasteiger charge is 2.06. The molecule has 0 aliphatic carbocycles. The van der Waals surface area contributed by atoms with Gasteiger partial charge in [0.25, 0.3) is 0 Å². The number of alkyl carbamates (subject to hydrolysis) is 1. The number of carbonyl (C=O) groups excluding carboxylic acids is 1. The Bertz CT molecular complexity index is 149. The zero-order valence-corrected chi connectivity index (χ0v) is 7.99. The van der Waals surface area contributed by atoms with E-state index in [1.807, 2.05) is 13.8 Å². The van der Waals surface area contributed by atoms with Crippen molar-refractivity contribution in [3.8, 4) is 0 Å². The molecule has 0 saturated heterocycles. The van der Waals surface area contributed by atoms with Gasteiger partial charge < -0.3 is 20.3 Å². The van der Waals surface area contributed by atoms with Gasteiger partial charge in [-0.05, 0) is 5.92 Å². The molecular formula is C8H17NO4. The molecular weight excluding hydrogens is 174 g/mol. The van der Waals surface area contributed by atoms with E-state index in [9.17, 15) is 4.79 Å². The van der Waals surface area contributed by atoms with Crippen LogP contribution in [0.15, 0.2) is 0 Å². The third-order valence-electron chi connectivity index (χ3n) is 1.27. The Morgan fingerprint density at radius 2 is 2.15 bits per heavy atom. The molecule has 0 heterocycles. The molecule has 0 aliphatic heterocycles. The number of carbonyl (C=O) groups is 1. The van der Waals surface area contributed by atoms with E-state index in [0.29, 0.717) is 12.5 Å². The lowest BCUT2D eigenvalue weighted by atomic mass is 10.2. The van der Waals surface area contributed by atoms with Crippen LogP contribution in [0.1, 0.15) is 13.8 Å². The molecule has 1 atom stereocenters. The molecule has 0 bridgehead atoms. The largest absolute Gasteiger partial charge is 0.447 e. The van der Waals surface area contributed by atoms with E-state index in [1.54, 1.807) is 0 Å². The highest BCUT2D eigenvalue weighted by Crippen LogP contribution is 1.89. The monoisotopic (exact) mass is 191 g/mol. The lowest BCUT2D eigenvalue weighted by molar-refractivity contribution is 0.0320. The number of ether oxygens (including phenoxy) is 1. The van der Waals surface area contributed by atoms with Crippen molar-refractivity contribution in [1.82, 2.24) is 5.32 Å². The number of aliphatic hydroxyl groups excluding tert-OH is 2. The Morgan fingerprint density at radius 1 is 1.54 bits per heavy atom. The smallest absolute Gasteiger partial charge is 0.407 e. The Hall–Kier alpha value is -0.810. The van der Waals surface area contributed by atoms with Crippen molar-refractivity contribution in [3.05, 3.63) is 0 Å². The normalized spacial score (nSPS) is 12.7. The summed E-state index contributed by atoms with van der Waals surface area (Å²) in [6.45, 7) is 3.87. The molecule has 3 N–H and O–H groups in total. The average molecular weight is 191 g/mol. The van der Waals surface area contributed by atoms with Crippen molar-refractivity contribution in [1.29, 1.82) is 0 Å². The molecule has 0 saturated carbocycles. The van der Waals surface area contributed by atoms with Crippen molar-refractivity contribution in [3.63, 3.8) is 0 Å². The Kier molecular flexibility index (Phi) is 6.26. The molecule has 0 aliphatic rings. The van der Waals surface area contributed by atoms with Crippen molar-refractivity contribution < 1.29 is 19.7 Å². The van der Waals surface area contributed by atoms with Crippen LogP contribution in [0.3, 0.4) is 0 Å². The van der Waals surface area contributed by atoms with Gasteiger partial charge >= 0.3 is 6.09 Å². The maximum atomic E-state index is 10.8. The van der Waals surface area contributed by atoms with E-state index in [1.165, 1.54) is 0 Å². The Labute approximate surface area is 77.7 Å². The van der Waals surface area contributed by atoms with Crippen LogP contribution in [0.25, 0.3) is 0 Å². The minimum absolute atomic E-state index is 0.180. The van der Waals surface area contributed by atoms with Crippen molar-refractivity contribution in [2.75, 3.05) is 19.8 Å². The second-order valence-corrected chi connectivity index (χ2v) is 3.21. The standard InChI is InChI=1S/C8H17NO4/c1-6(2)3-9-8(12)13-5-7(11)4-10/h6-7,10-11H,3-5H2,1-2H3,(H,9,12). The van der Waals surface area contributed by atoms with Crippen LogP contribution in [0.4, 0.5) is 4.79 Å². The minimum Gasteiger partial charge on any atom is -0.447 e. The van der Waals surface area contributed by atoms with Crippen molar-refractivity contribution >= 4 is 6.09 Å². The second kappa shape index (κ2) is 6.68. The quantitative estimate of drug-likeness (QED) is 0.558. The number of hydrogen-bond acceptors (Lipinski definition) is 4. The van der Waals surface area contributed by atoms with Gasteiger partial charge in [0.05, 0.1) is 6.61 Å². The molecule has 0 aromatic rings. The van der Waals surface area contributed by atoms with Gasteiger partial charge in [0.1, 0.15) is 12.7 Å². The van der Waals surface area contributed by atoms with Gasteiger partial charge in [0.2, 0.25) is 0 Å². The van der Waals surface area contributed by atoms with Crippen molar-refractivity contribution in [2.45, 2.75) is 20.0 Å². The Morgan fingerprint density at radius 3 is 2.62 bits per heavy atom. The summed E-state index contributed by atoms with van der Waals surface area (Å²) in [5.74, 6) is 0.357. The average Bonchev–Trinajstić information content (AvgIpc) is 2.10. The highest BCUT2D eigenvalue weighted by atomic mass is 16.6. The number of amides is 1. The second-order valence-electron chi connectivity index (χ2n) is 3.21. The number of aliphatic hydroxyl groups is 2. The van der Waals surface area contributed by atoms with Crippen LogP contribution in [-0.2, 0) is 4.74 Å². The summed E-state index contributed by atoms with van der Waals surface area (Å²) in [7, 11) is 0. The summed E-state index contributed by atoms with van der Waals surface area (Å²) >= 11 is 0. The van der Waals surface area contributed by atoms with Gasteiger partial charge in [0.15, 0.2) is 0 Å². The molecule has 5 nitrogen and oxygen atoms in total. The third-order valence-corrected chi connectivity index (χ3v) is 1.27. The number of hydrogen-bond donors (Lipinski definition) is 3. The first-order chi connectivity index (χ1) is 6.06. The summed E-state index contributed by atoms with van der Waals surface area (Å²) in [4.78, 5) is 10.8. The first-order valence-corrected chi connectivity index (χ1v) is 4.25. The fraction of sp³-hybridized carbons (Fsp3) is 0.875. The molecule has 0 fully saturated rings. The van der Waals surface area contributed by atoms with E-state index in [4.69, 9.17) is 10.2 Å². The zero-order chi connectivity index (χ0) is 10.3. The van der Waals surface area contributed by atoms with E-state index in [2.05, 4.69) is 10.1 Å². The molecule has 5 heteroatoms. The minimum atomic E-state index is -0.996. The van der Waals surface area contributed by atoms with Gasteiger partial charge in [0, 0.05) is 6.54 Å². The molecule has 0 rings (SSSR count). The summed E-state index contributed by atoms with van der Waals surface area (Å²) in [5, 5.41) is 19.7. The number of rotatable bonds is 5. The maximum absolute atomic E-state index is 10.8. The zero-order valence-electron chi connectivity index (χ0n) is 7.99. The summed E-state index contributed by atoms with van der Waals surface area (Å²) in [6, 6.07) is 0. The predicted molar refractivity (Wildman–Crippen MR) is 47.3 cm³/mol. The predicted octanol–water partition coefficient (Wildman–Crippen LogP) is -0.278. The Balaban J connectivity index is 3.40. The van der Waals surface area contributed by atoms with Gasteiger partial charge in [-0.25, -0.2) is 4.79 Å². The SMILES string of the molecule is CC(C)CNC(=O)OCC(O)CO. The molecule has 0 aromatic carbocycles. The molecule has 0 aromatic heterocycles. The van der Waals surface area contributed by atoms with E-state index in [-0.39, 0.29) is 6.61 Å². The fourth-order valence-corrected chi connectivity index (χ4v) is 0.563. The fourth-order valence-electron chi connectivity index (χ4n) is 0.563. The van der Waals surface area contributed by atoms with Crippen LogP contribution < -0.4 is 5.32 Å². The summed E-state index contributed by atoms with van der Waals surface area (Å²) in [6.07, 6.45) is -1.56. The molecule has 0 radical (unpaired) electrons. The molecule has 0 spiro atoms. The first-order valence-electron chi connectivity index (χ1n) is 4.25. The summed E-state index contributed by atoms with van der Waals surface area (Å²) < 4.78 is 4.59. The summed E-state index contributed by atoms with van der Waals surface area (Å²) in [5.41, 5.74) is 0. The lowest BCUT2D eigenvalue weighted by Crippen LogP contribution is -2.31. The van der Waals surface area contributed by atoms with Crippen molar-refractivity contribution in [2.24, 2.45) is 5.92 Å². The van der Waals surface area contributed by atoms with Crippen LogP contribution in [0.2, 0.25) is 0 Å². The van der Waals surface area contributed by atoms with Crippen LogP contribution in [0, 0.1) is 5.92 Å². The van der Waals surface area contributed by atoms with Crippen LogP contribution in [0.5, 0.6) is 0 Å². The van der Waals surface area contributed by atoms with E-state index >= 15 is 0 Å². The van der Waals surface area contributed by atoms with Crippen LogP contribution >= 0.6 is 0 Å². The third kappa shape index (κ3) is 7.55. The number of nitrogens with one attached hydrogen (secondary N) is 1. The van der Waals surface area contributed by atoms with Gasteiger partial charge in [-0.1, -0.05) is 13.8 Å². The molecule has 1 amide bonds. The van der Waals surface area contributed by atoms with Gasteiger partial charge in [-0.2, -0.15) is 0 Å². The van der Waals surface area contributed by atoms with E-state index < -0.39 is 18.8 Å². The first kappa shape index (κ1) is 12.2. The molecule has 78 valence electrons. The van der Waals surface area contributed by atoms with Gasteiger partial charge in [-0.3, -0.25) is 0 Å². The van der Waals surface area contributed by atoms with Crippen LogP contribution in [-0.4, -0.2) is 42.2 Å². The molecule has 13 heavy (non-hydrogen) atoms.